The quantitative estimate of drug-likeness (QED) is 0.884. The zero-order valence-corrected chi connectivity index (χ0v) is 12.5. The van der Waals surface area contributed by atoms with E-state index in [4.69, 9.17) is 28.9 Å². The fourth-order valence-electron chi connectivity index (χ4n) is 2.01. The van der Waals surface area contributed by atoms with Crippen LogP contribution in [0.5, 0.6) is 0 Å². The molecule has 4 heteroatoms. The molecular formula is C15H18Cl2N2. The van der Waals surface area contributed by atoms with Gasteiger partial charge in [-0.3, -0.25) is 0 Å². The van der Waals surface area contributed by atoms with Gasteiger partial charge in [0.05, 0.1) is 10.0 Å². The van der Waals surface area contributed by atoms with Gasteiger partial charge >= 0.3 is 0 Å². The Hall–Kier alpha value is -0.960. The maximum Gasteiger partial charge on any atom is 0.0595 e. The highest BCUT2D eigenvalue weighted by Gasteiger charge is 2.04. The molecule has 102 valence electrons. The van der Waals surface area contributed by atoms with Crippen molar-refractivity contribution in [2.45, 2.75) is 32.4 Å². The Balaban J connectivity index is 2.05. The average molecular weight is 297 g/mol. The molecule has 2 N–H and O–H groups in total. The van der Waals surface area contributed by atoms with Gasteiger partial charge in [-0.15, -0.1) is 0 Å². The minimum Gasteiger partial charge on any atom is -0.350 e. The molecule has 2 rings (SSSR count). The van der Waals surface area contributed by atoms with Gasteiger partial charge in [0.25, 0.3) is 0 Å². The molecule has 0 radical (unpaired) electrons. The number of rotatable bonds is 5. The number of hydrogen-bond donors (Lipinski definition) is 1. The number of hydrogen-bond acceptors (Lipinski definition) is 1. The van der Waals surface area contributed by atoms with Crippen LogP contribution in [0.2, 0.25) is 10.0 Å². The van der Waals surface area contributed by atoms with E-state index in [-0.39, 0.29) is 6.04 Å². The van der Waals surface area contributed by atoms with Crippen molar-refractivity contribution in [3.05, 3.63) is 57.8 Å². The number of aromatic nitrogens is 1. The molecule has 0 amide bonds. The maximum atomic E-state index is 6.02. The van der Waals surface area contributed by atoms with Gasteiger partial charge in [-0.25, -0.2) is 0 Å². The fourth-order valence-corrected chi connectivity index (χ4v) is 2.33. The summed E-state index contributed by atoms with van der Waals surface area (Å²) in [6.45, 7) is 2.90. The van der Waals surface area contributed by atoms with E-state index in [1.165, 1.54) is 5.56 Å². The first-order valence-corrected chi connectivity index (χ1v) is 7.18. The van der Waals surface area contributed by atoms with Crippen LogP contribution in [-0.4, -0.2) is 10.6 Å². The van der Waals surface area contributed by atoms with Crippen molar-refractivity contribution >= 4 is 23.2 Å². The predicted octanol–water partition coefficient (Wildman–Crippen LogP) is 4.12. The summed E-state index contributed by atoms with van der Waals surface area (Å²) >= 11 is 11.9. The Morgan fingerprint density at radius 3 is 2.63 bits per heavy atom. The van der Waals surface area contributed by atoms with Crippen LogP contribution in [0.1, 0.15) is 24.5 Å². The smallest absolute Gasteiger partial charge is 0.0595 e. The van der Waals surface area contributed by atoms with Crippen LogP contribution < -0.4 is 5.73 Å². The van der Waals surface area contributed by atoms with E-state index < -0.39 is 0 Å². The van der Waals surface area contributed by atoms with Crippen LogP contribution in [-0.2, 0) is 13.0 Å². The molecule has 0 aliphatic heterocycles. The summed E-state index contributed by atoms with van der Waals surface area (Å²) in [5.74, 6) is 0. The van der Waals surface area contributed by atoms with E-state index in [1.807, 2.05) is 18.2 Å². The van der Waals surface area contributed by atoms with Crippen molar-refractivity contribution in [2.75, 3.05) is 0 Å². The maximum absolute atomic E-state index is 6.02. The monoisotopic (exact) mass is 296 g/mol. The van der Waals surface area contributed by atoms with Gasteiger partial charge in [0.1, 0.15) is 0 Å². The molecule has 1 aromatic carbocycles. The van der Waals surface area contributed by atoms with Crippen molar-refractivity contribution in [3.63, 3.8) is 0 Å². The fraction of sp³-hybridized carbons (Fsp3) is 0.333. The third kappa shape index (κ3) is 4.00. The largest absolute Gasteiger partial charge is 0.350 e. The second kappa shape index (κ2) is 6.47. The molecule has 1 atom stereocenters. The third-order valence-electron chi connectivity index (χ3n) is 3.18. The summed E-state index contributed by atoms with van der Waals surface area (Å²) in [5.41, 5.74) is 8.37. The van der Waals surface area contributed by atoms with Crippen LogP contribution in [0.3, 0.4) is 0 Å². The Labute approximate surface area is 124 Å². The normalized spacial score (nSPS) is 12.6. The minimum atomic E-state index is 0.237. The first-order valence-electron chi connectivity index (χ1n) is 6.42. The molecule has 0 aliphatic rings. The zero-order chi connectivity index (χ0) is 13.8. The molecule has 0 saturated heterocycles. The number of halogens is 2. The minimum absolute atomic E-state index is 0.237. The Morgan fingerprint density at radius 2 is 1.95 bits per heavy atom. The van der Waals surface area contributed by atoms with Crippen LogP contribution in [0.4, 0.5) is 0 Å². The van der Waals surface area contributed by atoms with Crippen LogP contribution in [0, 0.1) is 0 Å². The Morgan fingerprint density at radius 1 is 1.16 bits per heavy atom. The first kappa shape index (κ1) is 14.4. The van der Waals surface area contributed by atoms with Crippen molar-refractivity contribution in [2.24, 2.45) is 5.73 Å². The van der Waals surface area contributed by atoms with Gasteiger partial charge in [-0.1, -0.05) is 36.2 Å². The van der Waals surface area contributed by atoms with Gasteiger partial charge in [0.2, 0.25) is 0 Å². The summed E-state index contributed by atoms with van der Waals surface area (Å²) in [6, 6.07) is 8.08. The van der Waals surface area contributed by atoms with Crippen LogP contribution in [0.15, 0.2) is 36.7 Å². The van der Waals surface area contributed by atoms with E-state index in [0.717, 1.165) is 24.9 Å². The van der Waals surface area contributed by atoms with Gasteiger partial charge in [0.15, 0.2) is 0 Å². The Kier molecular flexibility index (Phi) is 4.92. The highest BCUT2D eigenvalue weighted by atomic mass is 35.5. The molecule has 19 heavy (non-hydrogen) atoms. The summed E-state index contributed by atoms with van der Waals surface area (Å²) in [7, 11) is 0. The van der Waals surface area contributed by atoms with Gasteiger partial charge in [0, 0.05) is 25.0 Å². The SMILES string of the molecule is CCC(N)Cc1ccn(Cc2ccc(Cl)c(Cl)c2)c1. The summed E-state index contributed by atoms with van der Waals surface area (Å²) in [5, 5.41) is 1.19. The lowest BCUT2D eigenvalue weighted by Gasteiger charge is -2.07. The lowest BCUT2D eigenvalue weighted by atomic mass is 10.1. The topological polar surface area (TPSA) is 30.9 Å². The van der Waals surface area contributed by atoms with Crippen molar-refractivity contribution in [1.29, 1.82) is 0 Å². The van der Waals surface area contributed by atoms with Crippen molar-refractivity contribution in [1.82, 2.24) is 4.57 Å². The van der Waals surface area contributed by atoms with Crippen molar-refractivity contribution in [3.8, 4) is 0 Å². The van der Waals surface area contributed by atoms with E-state index in [2.05, 4.69) is 30.0 Å². The lowest BCUT2D eigenvalue weighted by Crippen LogP contribution is -2.21. The predicted molar refractivity (Wildman–Crippen MR) is 82.0 cm³/mol. The zero-order valence-electron chi connectivity index (χ0n) is 10.9. The highest BCUT2D eigenvalue weighted by Crippen LogP contribution is 2.23. The molecule has 2 nitrogen and oxygen atoms in total. The summed E-state index contributed by atoms with van der Waals surface area (Å²) in [4.78, 5) is 0. The molecule has 0 spiro atoms. The van der Waals surface area contributed by atoms with E-state index in [0.29, 0.717) is 10.0 Å². The van der Waals surface area contributed by atoms with Crippen LogP contribution >= 0.6 is 23.2 Å². The second-order valence-electron chi connectivity index (χ2n) is 4.81. The van der Waals surface area contributed by atoms with E-state index in [9.17, 15) is 0 Å². The second-order valence-corrected chi connectivity index (χ2v) is 5.63. The highest BCUT2D eigenvalue weighted by molar-refractivity contribution is 6.42. The molecule has 0 bridgehead atoms. The van der Waals surface area contributed by atoms with E-state index >= 15 is 0 Å². The molecule has 2 aromatic rings. The van der Waals surface area contributed by atoms with Crippen LogP contribution in [0.25, 0.3) is 0 Å². The molecule has 1 unspecified atom stereocenters. The Bertz CT molecular complexity index is 549. The van der Waals surface area contributed by atoms with Crippen molar-refractivity contribution < 1.29 is 0 Å². The number of nitrogens with two attached hydrogens (primary N) is 1. The number of benzene rings is 1. The lowest BCUT2D eigenvalue weighted by molar-refractivity contribution is 0.645. The van der Waals surface area contributed by atoms with Gasteiger partial charge < -0.3 is 10.3 Å². The van der Waals surface area contributed by atoms with Gasteiger partial charge in [-0.2, -0.15) is 0 Å². The summed E-state index contributed by atoms with van der Waals surface area (Å²) < 4.78 is 2.14. The molecular weight excluding hydrogens is 279 g/mol. The first-order chi connectivity index (χ1) is 9.08. The standard InChI is InChI=1S/C15H18Cl2N2/c1-2-13(18)7-12-5-6-19(10-12)9-11-3-4-14(16)15(17)8-11/h3-6,8,10,13H,2,7,9,18H2,1H3. The molecule has 0 fully saturated rings. The van der Waals surface area contributed by atoms with Gasteiger partial charge in [-0.05, 0) is 42.2 Å². The summed E-state index contributed by atoms with van der Waals surface area (Å²) in [6.07, 6.45) is 6.13. The molecule has 0 aliphatic carbocycles. The molecule has 0 saturated carbocycles. The molecule has 1 aromatic heterocycles. The third-order valence-corrected chi connectivity index (χ3v) is 3.92. The average Bonchev–Trinajstić information content (AvgIpc) is 2.81. The van der Waals surface area contributed by atoms with E-state index in [1.54, 1.807) is 0 Å². The number of nitrogens with zero attached hydrogens (tertiary/aromatic N) is 1. The molecule has 1 heterocycles.